The molecule has 13 aromatic rings. The van der Waals surface area contributed by atoms with Crippen LogP contribution in [-0.2, 0) is 19.2 Å². The number of hydrogen-bond donors (Lipinski definition) is 4. The second-order valence-electron chi connectivity index (χ2n) is 25.6. The minimum absolute atomic E-state index is 0.166. The van der Waals surface area contributed by atoms with E-state index in [1.807, 2.05) is 165 Å². The largest absolute Gasteiger partial charge is 0.493 e. The van der Waals surface area contributed by atoms with Crippen LogP contribution < -0.4 is 78.1 Å². The summed E-state index contributed by atoms with van der Waals surface area (Å²) < 4.78 is 83.4. The number of aromatic nitrogens is 8. The van der Waals surface area contributed by atoms with E-state index in [1.165, 1.54) is 28.4 Å². The van der Waals surface area contributed by atoms with Gasteiger partial charge in [0.15, 0.2) is 95.2 Å². The van der Waals surface area contributed by atoms with Crippen molar-refractivity contribution in [1.29, 1.82) is 0 Å². The molecule has 32 heteroatoms. The van der Waals surface area contributed by atoms with Crippen LogP contribution in [0.25, 0.3) is 45.0 Å². The molecule has 0 aliphatic heterocycles. The number of carbonyl (C=O) groups excluding carboxylic acids is 4. The van der Waals surface area contributed by atoms with Gasteiger partial charge in [-0.15, -0.1) is 0 Å². The van der Waals surface area contributed by atoms with Crippen LogP contribution in [0.1, 0.15) is 44.5 Å². The lowest BCUT2D eigenvalue weighted by molar-refractivity contribution is -0.118. The Hall–Kier alpha value is -15.0. The van der Waals surface area contributed by atoms with Crippen LogP contribution >= 0.6 is 0 Å². The Morgan fingerprint density at radius 1 is 0.246 bits per heavy atom. The zero-order chi connectivity index (χ0) is 84.6. The molecule has 0 fully saturated rings. The topological polar surface area (TPSA) is 383 Å². The first-order chi connectivity index (χ1) is 57.0. The second kappa shape index (κ2) is 43.3. The van der Waals surface area contributed by atoms with Gasteiger partial charge < -0.3 is 78.1 Å². The van der Waals surface area contributed by atoms with Gasteiger partial charge in [0.25, 0.3) is 23.6 Å². The summed E-state index contributed by atoms with van der Waals surface area (Å²) in [6.07, 6.45) is 0. The third-order valence-electron chi connectivity index (χ3n) is 17.7. The van der Waals surface area contributed by atoms with Gasteiger partial charge >= 0.3 is 0 Å². The Balaban J connectivity index is 0.000000175. The van der Waals surface area contributed by atoms with E-state index < -0.39 is 0 Å². The van der Waals surface area contributed by atoms with Crippen molar-refractivity contribution < 1.29 is 94.5 Å². The Labute approximate surface area is 680 Å². The molecule has 4 aromatic heterocycles. The zero-order valence-electron chi connectivity index (χ0n) is 67.9. The molecule has 0 saturated heterocycles. The summed E-state index contributed by atoms with van der Waals surface area (Å²) in [6.45, 7) is 15.3. The molecule has 4 N–H and O–H groups in total. The number of hydrogen-bond acceptors (Lipinski definition) is 28. The van der Waals surface area contributed by atoms with Crippen LogP contribution in [0.5, 0.6) is 69.0 Å². The van der Waals surface area contributed by atoms with Crippen LogP contribution in [0, 0.1) is 55.4 Å². The van der Waals surface area contributed by atoms with E-state index in [0.29, 0.717) is 114 Å². The number of amides is 4. The van der Waals surface area contributed by atoms with Crippen LogP contribution in [0.15, 0.2) is 201 Å². The maximum Gasteiger partial charge on any atom is 0.263 e. The summed E-state index contributed by atoms with van der Waals surface area (Å²) in [5.74, 6) is 6.17. The van der Waals surface area contributed by atoms with Gasteiger partial charge in [0.1, 0.15) is 23.0 Å². The first-order valence-electron chi connectivity index (χ1n) is 36.3. The molecule has 4 amide bonds. The van der Waals surface area contributed by atoms with E-state index >= 15 is 0 Å². The summed E-state index contributed by atoms with van der Waals surface area (Å²) >= 11 is 0. The van der Waals surface area contributed by atoms with E-state index in [0.717, 1.165) is 44.5 Å². The molecule has 0 aliphatic rings. The lowest BCUT2D eigenvalue weighted by Crippen LogP contribution is -2.20. The Morgan fingerprint density at radius 3 is 0.619 bits per heavy atom. The fourth-order valence-electron chi connectivity index (χ4n) is 10.6. The van der Waals surface area contributed by atoms with Crippen molar-refractivity contribution in [3.05, 3.63) is 226 Å². The molecule has 32 nitrogen and oxygen atoms in total. The van der Waals surface area contributed by atoms with E-state index in [-0.39, 0.29) is 73.3 Å². The Morgan fingerprint density at radius 2 is 0.441 bits per heavy atom. The molecule has 0 unspecified atom stereocenters. The SMILES string of the molecule is COc1ccc(-c2nonc2NC(=O)COc2ccc(C)c(C)c2)cc1OC.COc1ccc(-c2nonc2NC(=O)COc2ccc(C)c(C)c2)cc1OC.COc1ccc(-c2nonc2NC(=O)COc2ccc(C)c(C)c2)cc1OC.COc1ccc(-c2nonc2NC(=O)COc2ccc(C)c(C)c2)cc1OC.c1ccccc1. The molecule has 0 radical (unpaired) electrons. The first kappa shape index (κ1) is 87.0. The van der Waals surface area contributed by atoms with Crippen LogP contribution in [0.3, 0.4) is 0 Å². The highest BCUT2D eigenvalue weighted by Crippen LogP contribution is 2.39. The molecule has 118 heavy (non-hydrogen) atoms. The van der Waals surface area contributed by atoms with E-state index in [4.69, 9.17) is 75.4 Å². The minimum atomic E-state index is -0.379. The number of aryl methyl sites for hydroxylation is 8. The highest BCUT2D eigenvalue weighted by Gasteiger charge is 2.23. The van der Waals surface area contributed by atoms with Gasteiger partial charge in [0.05, 0.1) is 56.9 Å². The Bertz CT molecular complexity index is 4830. The average Bonchev–Trinajstić information content (AvgIpc) is 1.66. The van der Waals surface area contributed by atoms with Crippen LogP contribution in [-0.4, -0.2) is 148 Å². The lowest BCUT2D eigenvalue weighted by atomic mass is 10.1. The molecule has 0 saturated carbocycles. The highest BCUT2D eigenvalue weighted by molar-refractivity contribution is 5.96. The molecular formula is C86H90N12O20. The fourth-order valence-corrected chi connectivity index (χ4v) is 10.6. The maximum absolute atomic E-state index is 12.3. The third-order valence-corrected chi connectivity index (χ3v) is 17.7. The van der Waals surface area contributed by atoms with Gasteiger partial charge in [-0.1, -0.05) is 60.7 Å². The van der Waals surface area contributed by atoms with Crippen molar-refractivity contribution in [2.75, 3.05) is 105 Å². The first-order valence-corrected chi connectivity index (χ1v) is 36.3. The smallest absolute Gasteiger partial charge is 0.263 e. The van der Waals surface area contributed by atoms with Gasteiger partial charge in [0, 0.05) is 22.3 Å². The average molecular weight is 1610 g/mol. The van der Waals surface area contributed by atoms with Crippen LogP contribution in [0.2, 0.25) is 0 Å². The third kappa shape index (κ3) is 24.5. The number of benzene rings is 9. The monoisotopic (exact) mass is 1610 g/mol. The van der Waals surface area contributed by atoms with Crippen molar-refractivity contribution in [3.8, 4) is 114 Å². The molecule has 0 spiro atoms. The molecule has 614 valence electrons. The summed E-state index contributed by atoms with van der Waals surface area (Å²) in [6, 6.07) is 55.5. The summed E-state index contributed by atoms with van der Waals surface area (Å²) in [7, 11) is 12.4. The summed E-state index contributed by atoms with van der Waals surface area (Å²) in [4.78, 5) is 49.0. The number of methoxy groups -OCH3 is 8. The van der Waals surface area contributed by atoms with Crippen LogP contribution in [0.4, 0.5) is 23.3 Å². The van der Waals surface area contributed by atoms with Crippen molar-refractivity contribution in [2.24, 2.45) is 0 Å². The molecule has 0 aliphatic carbocycles. The standard InChI is InChI=1S/4C20H21N3O5.C6H6/c4*1-12-5-7-15(9-13(12)2)27-11-18(24)21-20-19(22-28-23-20)14-6-8-16(25-3)17(10-14)26-4;1-2-4-6-5-3-1/h4*5-10H,11H2,1-4H3,(H,21,23,24);1-6H. The molecule has 9 aromatic carbocycles. The number of nitrogens with one attached hydrogen (secondary N) is 4. The minimum Gasteiger partial charge on any atom is -0.493 e. The predicted molar refractivity (Wildman–Crippen MR) is 438 cm³/mol. The van der Waals surface area contributed by atoms with Gasteiger partial charge in [-0.25, -0.2) is 18.5 Å². The summed E-state index contributed by atoms with van der Waals surface area (Å²) in [5, 5.41) is 41.1. The Kier molecular flexibility index (Phi) is 31.9. The number of nitrogens with zero attached hydrogens (tertiary/aromatic N) is 8. The quantitative estimate of drug-likeness (QED) is 0.0354. The van der Waals surface area contributed by atoms with Crippen molar-refractivity contribution in [2.45, 2.75) is 55.4 Å². The molecule has 0 atom stereocenters. The number of ether oxygens (including phenoxy) is 12. The van der Waals surface area contributed by atoms with Crippen molar-refractivity contribution in [3.63, 3.8) is 0 Å². The maximum atomic E-state index is 12.3. The normalized spacial score (nSPS) is 10.3. The number of carbonyl (C=O) groups is 4. The number of rotatable bonds is 28. The lowest BCUT2D eigenvalue weighted by Gasteiger charge is -2.09. The second-order valence-corrected chi connectivity index (χ2v) is 25.6. The number of anilines is 4. The molecule has 4 heterocycles. The predicted octanol–water partition coefficient (Wildman–Crippen LogP) is 15.2. The van der Waals surface area contributed by atoms with Gasteiger partial charge in [-0.05, 0) is 262 Å². The summed E-state index contributed by atoms with van der Waals surface area (Å²) in [5.41, 5.74) is 13.1. The molecule has 0 bridgehead atoms. The van der Waals surface area contributed by atoms with E-state index in [9.17, 15) is 19.2 Å². The molecular weight excluding hydrogens is 1520 g/mol. The molecule has 13 rings (SSSR count). The van der Waals surface area contributed by atoms with Crippen molar-refractivity contribution >= 4 is 46.9 Å². The van der Waals surface area contributed by atoms with Crippen molar-refractivity contribution in [1.82, 2.24) is 41.3 Å². The highest BCUT2D eigenvalue weighted by atomic mass is 16.6. The van der Waals surface area contributed by atoms with Gasteiger partial charge in [0.2, 0.25) is 23.3 Å². The van der Waals surface area contributed by atoms with Gasteiger partial charge in [-0.3, -0.25) is 19.2 Å². The van der Waals surface area contributed by atoms with E-state index in [1.54, 1.807) is 101 Å². The van der Waals surface area contributed by atoms with E-state index in [2.05, 4.69) is 62.5 Å². The van der Waals surface area contributed by atoms with Gasteiger partial charge in [-0.2, -0.15) is 0 Å². The zero-order valence-corrected chi connectivity index (χ0v) is 67.9. The fraction of sp³-hybridized carbons (Fsp3) is 0.233.